The summed E-state index contributed by atoms with van der Waals surface area (Å²) in [4.78, 5) is 0. The molecule has 10 heteroatoms. The first-order valence-corrected chi connectivity index (χ1v) is 16.5. The van der Waals surface area contributed by atoms with Gasteiger partial charge in [0.25, 0.3) is 0 Å². The van der Waals surface area contributed by atoms with Gasteiger partial charge in [0.05, 0.1) is 11.7 Å². The van der Waals surface area contributed by atoms with Gasteiger partial charge < -0.3 is 9.47 Å². The molecule has 0 aromatic heterocycles. The fourth-order valence-corrected chi connectivity index (χ4v) is 7.28. The largest absolute Gasteiger partial charge is 0.573 e. The lowest BCUT2D eigenvalue weighted by Gasteiger charge is -2.38. The Morgan fingerprint density at radius 3 is 1.79 bits per heavy atom. The maximum atomic E-state index is 15.2. The van der Waals surface area contributed by atoms with Crippen LogP contribution in [0.5, 0.6) is 5.75 Å². The zero-order chi connectivity index (χ0) is 33.8. The number of halogens is 8. The zero-order valence-corrected chi connectivity index (χ0v) is 26.3. The van der Waals surface area contributed by atoms with Crippen LogP contribution in [0.4, 0.5) is 35.1 Å². The lowest BCUT2D eigenvalue weighted by Crippen LogP contribution is -2.32. The summed E-state index contributed by atoms with van der Waals surface area (Å²) in [6, 6.07) is 13.2. The SMILES string of the molecule is CCCCCc1ccc(-c2ccc(C(F)(F)OC3CCC(C4CCC(c5cc(F)c(OC(F)(F)F)c(F)c5)CC4)CC3)c(F)c2)cc1. The molecule has 2 aliphatic rings. The standard InChI is InChI=1S/C37H40F8O2/c1-2-3-4-5-23-6-8-26(9-7-23)28-16-19-31(32(38)20-28)36(41,42)46-30-17-14-25(15-18-30)24-10-12-27(13-11-24)29-21-33(39)35(34(40)22-29)47-37(43,44)45/h6-9,16,19-22,24-25,27,30H,2-5,10-15,17-18H2,1H3. The van der Waals surface area contributed by atoms with Crippen molar-refractivity contribution >= 4 is 0 Å². The van der Waals surface area contributed by atoms with Crippen LogP contribution < -0.4 is 4.74 Å². The molecule has 0 saturated heterocycles. The van der Waals surface area contributed by atoms with E-state index in [2.05, 4.69) is 11.7 Å². The van der Waals surface area contributed by atoms with E-state index in [1.165, 1.54) is 11.6 Å². The molecule has 5 rings (SSSR count). The van der Waals surface area contributed by atoms with Gasteiger partial charge in [0.1, 0.15) is 5.82 Å². The van der Waals surface area contributed by atoms with Crippen LogP contribution in [-0.2, 0) is 17.3 Å². The molecular weight excluding hydrogens is 628 g/mol. The molecule has 0 aliphatic heterocycles. The summed E-state index contributed by atoms with van der Waals surface area (Å²) in [5.74, 6) is -4.91. The molecule has 0 radical (unpaired) electrons. The fourth-order valence-electron chi connectivity index (χ4n) is 7.28. The highest BCUT2D eigenvalue weighted by atomic mass is 19.4. The van der Waals surface area contributed by atoms with Crippen molar-refractivity contribution in [1.29, 1.82) is 0 Å². The van der Waals surface area contributed by atoms with Crippen LogP contribution in [-0.4, -0.2) is 12.5 Å². The van der Waals surface area contributed by atoms with Crippen LogP contribution in [0.25, 0.3) is 11.1 Å². The summed E-state index contributed by atoms with van der Waals surface area (Å²) in [6.45, 7) is 2.14. The number of hydrogen-bond acceptors (Lipinski definition) is 2. The van der Waals surface area contributed by atoms with Gasteiger partial charge in [-0.25, -0.2) is 13.2 Å². The highest BCUT2D eigenvalue weighted by Gasteiger charge is 2.41. The molecule has 0 atom stereocenters. The van der Waals surface area contributed by atoms with E-state index >= 15 is 13.2 Å². The highest BCUT2D eigenvalue weighted by Crippen LogP contribution is 2.45. The maximum absolute atomic E-state index is 15.2. The van der Waals surface area contributed by atoms with E-state index in [0.717, 1.165) is 68.4 Å². The minimum atomic E-state index is -5.20. The minimum Gasteiger partial charge on any atom is -0.399 e. The van der Waals surface area contributed by atoms with Gasteiger partial charge in [-0.05, 0) is 128 Å². The smallest absolute Gasteiger partial charge is 0.399 e. The van der Waals surface area contributed by atoms with Crippen molar-refractivity contribution in [3.63, 3.8) is 0 Å². The summed E-state index contributed by atoms with van der Waals surface area (Å²) < 4.78 is 120. The van der Waals surface area contributed by atoms with Gasteiger partial charge in [0.2, 0.25) is 5.75 Å². The average Bonchev–Trinajstić information content (AvgIpc) is 3.03. The number of rotatable bonds is 11. The first-order chi connectivity index (χ1) is 22.3. The van der Waals surface area contributed by atoms with Gasteiger partial charge in [-0.15, -0.1) is 13.2 Å². The predicted molar refractivity (Wildman–Crippen MR) is 164 cm³/mol. The van der Waals surface area contributed by atoms with Gasteiger partial charge in [-0.2, -0.15) is 8.78 Å². The van der Waals surface area contributed by atoms with Gasteiger partial charge in [0.15, 0.2) is 11.6 Å². The number of hydrogen-bond donors (Lipinski definition) is 0. The van der Waals surface area contributed by atoms with Crippen molar-refractivity contribution in [2.45, 2.75) is 108 Å². The third-order valence-electron chi connectivity index (χ3n) is 9.82. The molecular formula is C37H40F8O2. The van der Waals surface area contributed by atoms with Gasteiger partial charge in [0, 0.05) is 0 Å². The number of unbranched alkanes of at least 4 members (excludes halogenated alkanes) is 2. The minimum absolute atomic E-state index is 0.204. The molecule has 0 spiro atoms. The molecule has 2 aliphatic carbocycles. The zero-order valence-electron chi connectivity index (χ0n) is 26.3. The summed E-state index contributed by atoms with van der Waals surface area (Å²) in [6.07, 6.45) is -0.519. The van der Waals surface area contributed by atoms with E-state index in [1.54, 1.807) is 0 Å². The number of benzene rings is 3. The topological polar surface area (TPSA) is 18.5 Å². The Balaban J connectivity index is 1.11. The highest BCUT2D eigenvalue weighted by molar-refractivity contribution is 5.64. The van der Waals surface area contributed by atoms with Crippen LogP contribution in [0, 0.1) is 29.3 Å². The number of ether oxygens (including phenoxy) is 2. The fraction of sp³-hybridized carbons (Fsp3) is 0.514. The van der Waals surface area contributed by atoms with E-state index < -0.39 is 47.3 Å². The number of alkyl halides is 5. The van der Waals surface area contributed by atoms with Crippen molar-refractivity contribution < 1.29 is 44.6 Å². The van der Waals surface area contributed by atoms with Gasteiger partial charge in [-0.1, -0.05) is 50.1 Å². The quantitative estimate of drug-likeness (QED) is 0.150. The molecule has 0 bridgehead atoms. The van der Waals surface area contributed by atoms with Crippen LogP contribution in [0.1, 0.15) is 100 Å². The lowest BCUT2D eigenvalue weighted by atomic mass is 9.69. The second kappa shape index (κ2) is 15.0. The van der Waals surface area contributed by atoms with E-state index in [4.69, 9.17) is 4.74 Å². The van der Waals surface area contributed by atoms with Gasteiger partial charge in [-0.3, -0.25) is 0 Å². The molecule has 0 N–H and O–H groups in total. The second-order valence-corrected chi connectivity index (χ2v) is 13.0. The Bertz CT molecular complexity index is 1450. The average molecular weight is 669 g/mol. The second-order valence-electron chi connectivity index (χ2n) is 13.0. The molecule has 2 saturated carbocycles. The summed E-state index contributed by atoms with van der Waals surface area (Å²) >= 11 is 0. The molecule has 2 nitrogen and oxygen atoms in total. The van der Waals surface area contributed by atoms with Crippen LogP contribution >= 0.6 is 0 Å². The molecule has 47 heavy (non-hydrogen) atoms. The van der Waals surface area contributed by atoms with Crippen molar-refractivity contribution in [3.05, 3.63) is 88.7 Å². The van der Waals surface area contributed by atoms with Gasteiger partial charge >= 0.3 is 12.5 Å². The Kier molecular flexibility index (Phi) is 11.2. The summed E-state index contributed by atoms with van der Waals surface area (Å²) in [7, 11) is 0. The first kappa shape index (κ1) is 35.2. The van der Waals surface area contributed by atoms with Crippen LogP contribution in [0.2, 0.25) is 0 Å². The molecule has 0 heterocycles. The molecule has 256 valence electrons. The first-order valence-electron chi connectivity index (χ1n) is 16.5. The Labute approximate surface area is 270 Å². The van der Waals surface area contributed by atoms with Crippen molar-refractivity contribution in [2.75, 3.05) is 0 Å². The van der Waals surface area contributed by atoms with Crippen LogP contribution in [0.3, 0.4) is 0 Å². The van der Waals surface area contributed by atoms with E-state index in [0.29, 0.717) is 55.6 Å². The lowest BCUT2D eigenvalue weighted by molar-refractivity contribution is -0.280. The van der Waals surface area contributed by atoms with E-state index in [-0.39, 0.29) is 11.8 Å². The Hall–Kier alpha value is -3.14. The molecule has 0 unspecified atom stereocenters. The van der Waals surface area contributed by atoms with Crippen LogP contribution in [0.15, 0.2) is 54.6 Å². The Morgan fingerprint density at radius 1 is 0.660 bits per heavy atom. The predicted octanol–water partition coefficient (Wildman–Crippen LogP) is 12.0. The third kappa shape index (κ3) is 9.06. The summed E-state index contributed by atoms with van der Waals surface area (Å²) in [5.41, 5.74) is 1.95. The van der Waals surface area contributed by atoms with Crippen molar-refractivity contribution in [3.8, 4) is 16.9 Å². The van der Waals surface area contributed by atoms with Crippen molar-refractivity contribution in [2.24, 2.45) is 11.8 Å². The molecule has 3 aromatic carbocycles. The number of aryl methyl sites for hydroxylation is 1. The normalized spacial score (nSPS) is 22.3. The third-order valence-corrected chi connectivity index (χ3v) is 9.82. The summed E-state index contributed by atoms with van der Waals surface area (Å²) in [5, 5.41) is 0. The molecule has 2 fully saturated rings. The monoisotopic (exact) mass is 668 g/mol. The van der Waals surface area contributed by atoms with E-state index in [1.807, 2.05) is 24.3 Å². The Morgan fingerprint density at radius 2 is 1.23 bits per heavy atom. The van der Waals surface area contributed by atoms with E-state index in [9.17, 15) is 22.0 Å². The maximum Gasteiger partial charge on any atom is 0.573 e. The molecule has 3 aromatic rings. The van der Waals surface area contributed by atoms with Crippen molar-refractivity contribution in [1.82, 2.24) is 0 Å². The molecule has 0 amide bonds.